The summed E-state index contributed by atoms with van der Waals surface area (Å²) in [6, 6.07) is 9.50. The van der Waals surface area contributed by atoms with Gasteiger partial charge in [-0.15, -0.1) is 0 Å². The van der Waals surface area contributed by atoms with E-state index in [-0.39, 0.29) is 0 Å². The molecule has 0 spiro atoms. The van der Waals surface area contributed by atoms with Gasteiger partial charge < -0.3 is 4.98 Å². The van der Waals surface area contributed by atoms with E-state index in [1.54, 1.807) is 0 Å². The molecule has 3 heteroatoms. The van der Waals surface area contributed by atoms with E-state index in [2.05, 4.69) is 55.0 Å². The quantitative estimate of drug-likeness (QED) is 0.819. The molecule has 0 amide bonds. The highest BCUT2D eigenvalue weighted by molar-refractivity contribution is 6.00. The molecule has 3 nitrogen and oxygen atoms in total. The third kappa shape index (κ3) is 2.33. The van der Waals surface area contributed by atoms with E-state index in [0.717, 1.165) is 0 Å². The molecule has 1 fully saturated rings. The largest absolute Gasteiger partial charge is 0.358 e. The van der Waals surface area contributed by atoms with Gasteiger partial charge in [-0.05, 0) is 46.1 Å². The van der Waals surface area contributed by atoms with E-state index >= 15 is 0 Å². The molecule has 1 aliphatic rings. The third-order valence-corrected chi connectivity index (χ3v) is 4.41. The number of rotatable bonds is 2. The van der Waals surface area contributed by atoms with Crippen LogP contribution in [0.3, 0.4) is 0 Å². The number of aromatic amines is 1. The van der Waals surface area contributed by atoms with Gasteiger partial charge in [0.1, 0.15) is 0 Å². The average Bonchev–Trinajstić information content (AvgIpc) is 2.74. The Balaban J connectivity index is 1.92. The summed E-state index contributed by atoms with van der Waals surface area (Å²) in [5.41, 5.74) is 3.59. The predicted octanol–water partition coefficient (Wildman–Crippen LogP) is 4.07. The van der Waals surface area contributed by atoms with Crippen LogP contribution in [0.15, 0.2) is 29.4 Å². The number of hydrogen-bond donors (Lipinski definition) is 1. The van der Waals surface area contributed by atoms with Gasteiger partial charge in [-0.3, -0.25) is 5.01 Å². The summed E-state index contributed by atoms with van der Waals surface area (Å²) < 4.78 is 0. The van der Waals surface area contributed by atoms with Crippen molar-refractivity contribution in [1.29, 1.82) is 0 Å². The van der Waals surface area contributed by atoms with E-state index < -0.39 is 0 Å². The van der Waals surface area contributed by atoms with Crippen LogP contribution < -0.4 is 0 Å². The van der Waals surface area contributed by atoms with Gasteiger partial charge in [0.25, 0.3) is 0 Å². The molecule has 0 aliphatic carbocycles. The van der Waals surface area contributed by atoms with Crippen molar-refractivity contribution in [3.8, 4) is 0 Å². The number of aromatic nitrogens is 1. The number of hydrogen-bond acceptors (Lipinski definition) is 2. The molecule has 2 aromatic rings. The molecule has 106 valence electrons. The Morgan fingerprint density at radius 1 is 1.20 bits per heavy atom. The van der Waals surface area contributed by atoms with Crippen LogP contribution in [0.25, 0.3) is 10.9 Å². The minimum absolute atomic E-state index is 0.542. The van der Waals surface area contributed by atoms with Crippen molar-refractivity contribution in [2.24, 2.45) is 5.10 Å². The lowest BCUT2D eigenvalue weighted by Crippen LogP contribution is -2.39. The number of fused-ring (bicyclic) bond motifs is 1. The van der Waals surface area contributed by atoms with Crippen LogP contribution in [-0.4, -0.2) is 28.3 Å². The molecule has 0 radical (unpaired) electrons. The van der Waals surface area contributed by atoms with Crippen molar-refractivity contribution in [3.05, 3.63) is 35.5 Å². The van der Waals surface area contributed by atoms with Gasteiger partial charge in [-0.1, -0.05) is 18.2 Å². The second kappa shape index (κ2) is 5.31. The first-order valence-electron chi connectivity index (χ1n) is 7.56. The Hall–Kier alpha value is -1.77. The number of para-hydroxylation sites is 1. The highest BCUT2D eigenvalue weighted by atomic mass is 15.5. The van der Waals surface area contributed by atoms with Crippen molar-refractivity contribution in [3.63, 3.8) is 0 Å². The minimum Gasteiger partial charge on any atom is -0.358 e. The number of aryl methyl sites for hydroxylation is 1. The maximum atomic E-state index is 4.79. The molecule has 2 atom stereocenters. The van der Waals surface area contributed by atoms with E-state index in [4.69, 9.17) is 5.10 Å². The lowest BCUT2D eigenvalue weighted by molar-refractivity contribution is 0.109. The fraction of sp³-hybridized carbons (Fsp3) is 0.471. The Kier molecular flexibility index (Phi) is 3.51. The third-order valence-electron chi connectivity index (χ3n) is 4.41. The molecule has 3 rings (SSSR count). The molecular formula is C17H23N3. The van der Waals surface area contributed by atoms with E-state index in [9.17, 15) is 0 Å². The number of piperidine rings is 1. The second-order valence-corrected chi connectivity index (χ2v) is 5.96. The summed E-state index contributed by atoms with van der Waals surface area (Å²) in [6.45, 7) is 6.66. The minimum atomic E-state index is 0.542. The molecule has 1 aliphatic heterocycles. The molecule has 2 heterocycles. The van der Waals surface area contributed by atoms with Crippen LogP contribution in [0.5, 0.6) is 0 Å². The number of hydrazone groups is 1. The Bertz CT molecular complexity index is 616. The molecular weight excluding hydrogens is 246 g/mol. The van der Waals surface area contributed by atoms with Crippen LogP contribution in [0.2, 0.25) is 0 Å². The fourth-order valence-electron chi connectivity index (χ4n) is 3.22. The summed E-state index contributed by atoms with van der Waals surface area (Å²) in [7, 11) is 0. The van der Waals surface area contributed by atoms with Gasteiger partial charge in [0.15, 0.2) is 0 Å². The van der Waals surface area contributed by atoms with Gasteiger partial charge in [-0.2, -0.15) is 5.10 Å². The van der Waals surface area contributed by atoms with E-state index in [0.29, 0.717) is 12.1 Å². The maximum absolute atomic E-state index is 4.79. The van der Waals surface area contributed by atoms with Crippen LogP contribution >= 0.6 is 0 Å². The summed E-state index contributed by atoms with van der Waals surface area (Å²) in [5.74, 6) is 0. The smallest absolute Gasteiger partial charge is 0.0567 e. The number of nitrogens with one attached hydrogen (secondary N) is 1. The van der Waals surface area contributed by atoms with Crippen LogP contribution in [0, 0.1) is 6.92 Å². The zero-order valence-corrected chi connectivity index (χ0v) is 12.6. The predicted molar refractivity (Wildman–Crippen MR) is 85.2 cm³/mol. The van der Waals surface area contributed by atoms with Crippen molar-refractivity contribution >= 4 is 17.1 Å². The molecule has 1 aromatic carbocycles. The first kappa shape index (κ1) is 13.2. The topological polar surface area (TPSA) is 31.4 Å². The lowest BCUT2D eigenvalue weighted by atomic mass is 10.00. The van der Waals surface area contributed by atoms with Crippen LogP contribution in [0.1, 0.15) is 44.4 Å². The molecule has 0 bridgehead atoms. The summed E-state index contributed by atoms with van der Waals surface area (Å²) in [6.07, 6.45) is 5.84. The van der Waals surface area contributed by atoms with Crippen molar-refractivity contribution in [2.75, 3.05) is 0 Å². The van der Waals surface area contributed by atoms with Gasteiger partial charge in [-0.25, -0.2) is 0 Å². The number of nitrogens with zero attached hydrogens (tertiary/aromatic N) is 2. The summed E-state index contributed by atoms with van der Waals surface area (Å²) >= 11 is 0. The number of benzene rings is 1. The van der Waals surface area contributed by atoms with Crippen LogP contribution in [0.4, 0.5) is 0 Å². The Morgan fingerprint density at radius 2 is 1.90 bits per heavy atom. The first-order chi connectivity index (χ1) is 9.66. The zero-order valence-electron chi connectivity index (χ0n) is 12.6. The first-order valence-corrected chi connectivity index (χ1v) is 7.56. The molecule has 1 N–H and O–H groups in total. The van der Waals surface area contributed by atoms with Crippen LogP contribution in [-0.2, 0) is 0 Å². The summed E-state index contributed by atoms with van der Waals surface area (Å²) in [5, 5.41) is 8.31. The molecule has 1 saturated heterocycles. The zero-order chi connectivity index (χ0) is 14.1. The average molecular weight is 269 g/mol. The normalized spacial score (nSPS) is 23.9. The standard InChI is InChI=1S/C17H23N3/c1-12-7-6-8-13(2)20(12)18-11-16-14(3)19-17-10-5-4-9-15(16)17/h4-5,9-13,19H,6-8H2,1-3H3. The van der Waals surface area contributed by atoms with Gasteiger partial charge >= 0.3 is 0 Å². The molecule has 20 heavy (non-hydrogen) atoms. The van der Waals surface area contributed by atoms with Crippen molar-refractivity contribution in [2.45, 2.75) is 52.1 Å². The maximum Gasteiger partial charge on any atom is 0.0567 e. The highest BCUT2D eigenvalue weighted by Crippen LogP contribution is 2.24. The van der Waals surface area contributed by atoms with Gasteiger partial charge in [0, 0.05) is 34.2 Å². The molecule has 0 saturated carbocycles. The Labute approximate surface area is 120 Å². The fourth-order valence-corrected chi connectivity index (χ4v) is 3.22. The lowest BCUT2D eigenvalue weighted by Gasteiger charge is -2.36. The number of H-pyrrole nitrogens is 1. The van der Waals surface area contributed by atoms with Gasteiger partial charge in [0.05, 0.1) is 6.21 Å². The Morgan fingerprint density at radius 3 is 2.65 bits per heavy atom. The molecule has 2 unspecified atom stereocenters. The second-order valence-electron chi connectivity index (χ2n) is 5.96. The SMILES string of the molecule is Cc1[nH]c2ccccc2c1C=NN1C(C)CCCC1C. The molecule has 1 aromatic heterocycles. The monoisotopic (exact) mass is 269 g/mol. The van der Waals surface area contributed by atoms with Crippen molar-refractivity contribution in [1.82, 2.24) is 9.99 Å². The summed E-state index contributed by atoms with van der Waals surface area (Å²) in [4.78, 5) is 3.43. The van der Waals surface area contributed by atoms with E-state index in [1.807, 2.05) is 6.21 Å². The van der Waals surface area contributed by atoms with Crippen molar-refractivity contribution < 1.29 is 0 Å². The van der Waals surface area contributed by atoms with Gasteiger partial charge in [0.2, 0.25) is 0 Å². The van der Waals surface area contributed by atoms with E-state index in [1.165, 1.54) is 41.4 Å². The highest BCUT2D eigenvalue weighted by Gasteiger charge is 2.22.